The molecule has 2 atom stereocenters. The molecule has 1 fully saturated rings. The molecule has 1 aliphatic rings. The molecule has 1 amide bonds. The lowest BCUT2D eigenvalue weighted by Crippen LogP contribution is -2.51. The van der Waals surface area contributed by atoms with E-state index in [1.165, 1.54) is 0 Å². The summed E-state index contributed by atoms with van der Waals surface area (Å²) < 4.78 is 5.74. The molecule has 27 heavy (non-hydrogen) atoms. The minimum Gasteiger partial charge on any atom is -0.487 e. The quantitative estimate of drug-likeness (QED) is 0.787. The summed E-state index contributed by atoms with van der Waals surface area (Å²) in [6, 6.07) is 11.9. The third-order valence-electron chi connectivity index (χ3n) is 4.56. The molecule has 1 aromatic heterocycles. The summed E-state index contributed by atoms with van der Waals surface area (Å²) >= 11 is 0. The maximum Gasteiger partial charge on any atom is 0.251 e. The molecule has 0 aliphatic carbocycles. The molecule has 5 nitrogen and oxygen atoms in total. The molecule has 0 spiro atoms. The van der Waals surface area contributed by atoms with Crippen LogP contribution in [0.25, 0.3) is 0 Å². The number of nitrogens with one attached hydrogen (secondary N) is 2. The van der Waals surface area contributed by atoms with Gasteiger partial charge in [0, 0.05) is 23.3 Å². The van der Waals surface area contributed by atoms with Gasteiger partial charge in [0.2, 0.25) is 0 Å². The Hall–Kier alpha value is -1.82. The number of carbonyl (C=O) groups excluding carboxylic acids is 1. The Labute approximate surface area is 173 Å². The fraction of sp³-hybridized carbons (Fsp3) is 0.400. The molecule has 2 N–H and O–H groups in total. The third-order valence-corrected chi connectivity index (χ3v) is 4.56. The molecule has 1 aromatic carbocycles. The fourth-order valence-electron chi connectivity index (χ4n) is 3.00. The van der Waals surface area contributed by atoms with Crippen molar-refractivity contribution in [2.75, 3.05) is 6.54 Å². The van der Waals surface area contributed by atoms with Gasteiger partial charge in [-0.25, -0.2) is 0 Å². The predicted octanol–water partition coefficient (Wildman–Crippen LogP) is 3.68. The van der Waals surface area contributed by atoms with E-state index in [-0.39, 0.29) is 36.8 Å². The summed E-state index contributed by atoms with van der Waals surface area (Å²) in [4.78, 5) is 16.7. The van der Waals surface area contributed by atoms with Crippen molar-refractivity contribution in [3.05, 3.63) is 59.4 Å². The van der Waals surface area contributed by atoms with E-state index in [0.717, 1.165) is 36.4 Å². The Bertz CT molecular complexity index is 725. The van der Waals surface area contributed by atoms with Gasteiger partial charge in [0.05, 0.1) is 6.20 Å². The lowest BCUT2D eigenvalue weighted by molar-refractivity contribution is 0.0919. The normalized spacial score (nSPS) is 18.6. The monoisotopic (exact) mass is 411 g/mol. The Kier molecular flexibility index (Phi) is 9.56. The van der Waals surface area contributed by atoms with Gasteiger partial charge in [-0.2, -0.15) is 0 Å². The van der Waals surface area contributed by atoms with E-state index in [1.807, 2.05) is 43.3 Å². The molecule has 0 radical (unpaired) electrons. The van der Waals surface area contributed by atoms with Crippen molar-refractivity contribution in [2.24, 2.45) is 0 Å². The number of ether oxygens (including phenoxy) is 1. The van der Waals surface area contributed by atoms with E-state index in [9.17, 15) is 4.79 Å². The average molecular weight is 412 g/mol. The molecule has 3 rings (SSSR count). The van der Waals surface area contributed by atoms with E-state index in [2.05, 4.69) is 22.5 Å². The number of hydrogen-bond donors (Lipinski definition) is 2. The molecule has 2 aromatic rings. The second-order valence-corrected chi connectivity index (χ2v) is 6.59. The van der Waals surface area contributed by atoms with Crippen LogP contribution in [0.1, 0.15) is 41.4 Å². The number of piperidine rings is 1. The lowest BCUT2D eigenvalue weighted by atomic mass is 9.99. The van der Waals surface area contributed by atoms with E-state index >= 15 is 0 Å². The topological polar surface area (TPSA) is 63.2 Å². The van der Waals surface area contributed by atoms with Crippen molar-refractivity contribution in [1.29, 1.82) is 0 Å². The molecule has 2 heterocycles. The molecule has 1 saturated heterocycles. The van der Waals surface area contributed by atoms with Gasteiger partial charge in [0.15, 0.2) is 0 Å². The number of amides is 1. The number of halogens is 2. The van der Waals surface area contributed by atoms with Crippen LogP contribution in [0, 0.1) is 6.92 Å². The number of nitrogens with zero attached hydrogens (tertiary/aromatic N) is 1. The first-order chi connectivity index (χ1) is 12.1. The van der Waals surface area contributed by atoms with Crippen LogP contribution in [0.15, 0.2) is 42.6 Å². The SMILES string of the molecule is Cc1ccc(OCc2cccc(C(=O)NC3CCCNC3C)c2)cn1.Cl.Cl. The van der Waals surface area contributed by atoms with Crippen LogP contribution in [0.5, 0.6) is 5.75 Å². The van der Waals surface area contributed by atoms with Crippen LogP contribution in [0.3, 0.4) is 0 Å². The number of hydrogen-bond acceptors (Lipinski definition) is 4. The second kappa shape index (κ2) is 11.1. The first kappa shape index (κ1) is 23.2. The van der Waals surface area contributed by atoms with E-state index in [4.69, 9.17) is 4.74 Å². The number of benzene rings is 1. The van der Waals surface area contributed by atoms with Gasteiger partial charge < -0.3 is 15.4 Å². The first-order valence-corrected chi connectivity index (χ1v) is 8.80. The molecule has 0 bridgehead atoms. The van der Waals surface area contributed by atoms with Crippen molar-refractivity contribution in [1.82, 2.24) is 15.6 Å². The minimum atomic E-state index is -0.0283. The Morgan fingerprint density at radius 1 is 1.30 bits per heavy atom. The highest BCUT2D eigenvalue weighted by Gasteiger charge is 2.22. The number of rotatable bonds is 5. The number of carbonyl (C=O) groups is 1. The third kappa shape index (κ3) is 6.69. The van der Waals surface area contributed by atoms with Gasteiger partial charge in [-0.1, -0.05) is 12.1 Å². The number of pyridine rings is 1. The Morgan fingerprint density at radius 2 is 2.11 bits per heavy atom. The molecule has 0 saturated carbocycles. The number of aromatic nitrogens is 1. The Balaban J connectivity index is 0.00000182. The van der Waals surface area contributed by atoms with Crippen molar-refractivity contribution >= 4 is 30.7 Å². The van der Waals surface area contributed by atoms with Gasteiger partial charge in [0.25, 0.3) is 5.91 Å². The van der Waals surface area contributed by atoms with Crippen molar-refractivity contribution < 1.29 is 9.53 Å². The summed E-state index contributed by atoms with van der Waals surface area (Å²) in [5, 5.41) is 6.54. The van der Waals surface area contributed by atoms with Crippen LogP contribution in [-0.2, 0) is 6.61 Å². The molecular formula is C20H27Cl2N3O2. The Morgan fingerprint density at radius 3 is 2.81 bits per heavy atom. The van der Waals surface area contributed by atoms with E-state index in [1.54, 1.807) is 6.20 Å². The molecule has 148 valence electrons. The van der Waals surface area contributed by atoms with Gasteiger partial charge in [-0.15, -0.1) is 24.8 Å². The van der Waals surface area contributed by atoms with Crippen molar-refractivity contribution in [2.45, 2.75) is 45.4 Å². The maximum absolute atomic E-state index is 12.5. The van der Waals surface area contributed by atoms with Crippen LogP contribution < -0.4 is 15.4 Å². The predicted molar refractivity (Wildman–Crippen MR) is 112 cm³/mol. The minimum absolute atomic E-state index is 0. The summed E-state index contributed by atoms with van der Waals surface area (Å²) in [7, 11) is 0. The smallest absolute Gasteiger partial charge is 0.251 e. The van der Waals surface area contributed by atoms with Crippen LogP contribution in [0.4, 0.5) is 0 Å². The standard InChI is InChI=1S/C20H25N3O2.2ClH/c1-14-8-9-18(12-22-14)25-13-16-5-3-6-17(11-16)20(24)23-19-7-4-10-21-15(19)2;;/h3,5-6,8-9,11-12,15,19,21H,4,7,10,13H2,1-2H3,(H,23,24);2*1H. The zero-order valence-electron chi connectivity index (χ0n) is 15.6. The van der Waals surface area contributed by atoms with Crippen molar-refractivity contribution in [3.8, 4) is 5.75 Å². The van der Waals surface area contributed by atoms with Gasteiger partial charge in [-0.3, -0.25) is 9.78 Å². The summed E-state index contributed by atoms with van der Waals surface area (Å²) in [5.74, 6) is 0.696. The van der Waals surface area contributed by atoms with Crippen LogP contribution >= 0.6 is 24.8 Å². The van der Waals surface area contributed by atoms with E-state index in [0.29, 0.717) is 18.2 Å². The average Bonchev–Trinajstić information content (AvgIpc) is 2.63. The van der Waals surface area contributed by atoms with Crippen LogP contribution in [-0.4, -0.2) is 29.5 Å². The molecular weight excluding hydrogens is 385 g/mol. The van der Waals surface area contributed by atoms with E-state index < -0.39 is 0 Å². The summed E-state index contributed by atoms with van der Waals surface area (Å²) in [6.45, 7) is 5.49. The van der Waals surface area contributed by atoms with Crippen molar-refractivity contribution in [3.63, 3.8) is 0 Å². The first-order valence-electron chi connectivity index (χ1n) is 8.80. The highest BCUT2D eigenvalue weighted by Crippen LogP contribution is 2.14. The molecule has 2 unspecified atom stereocenters. The largest absolute Gasteiger partial charge is 0.487 e. The lowest BCUT2D eigenvalue weighted by Gasteiger charge is -2.30. The van der Waals surface area contributed by atoms with Gasteiger partial charge >= 0.3 is 0 Å². The highest BCUT2D eigenvalue weighted by molar-refractivity contribution is 5.94. The van der Waals surface area contributed by atoms with Gasteiger partial charge in [-0.05, 0) is 63.1 Å². The zero-order valence-corrected chi connectivity index (χ0v) is 17.2. The summed E-state index contributed by atoms with van der Waals surface area (Å²) in [5.41, 5.74) is 2.58. The second-order valence-electron chi connectivity index (χ2n) is 6.59. The highest BCUT2D eigenvalue weighted by atomic mass is 35.5. The van der Waals surface area contributed by atoms with Gasteiger partial charge in [0.1, 0.15) is 12.4 Å². The maximum atomic E-state index is 12.5. The fourth-order valence-corrected chi connectivity index (χ4v) is 3.00. The molecule has 7 heteroatoms. The van der Waals surface area contributed by atoms with Crippen LogP contribution in [0.2, 0.25) is 0 Å². The molecule has 1 aliphatic heterocycles. The number of aryl methyl sites for hydroxylation is 1. The summed E-state index contributed by atoms with van der Waals surface area (Å²) in [6.07, 6.45) is 3.82. The zero-order chi connectivity index (χ0) is 17.6.